The van der Waals surface area contributed by atoms with Crippen LogP contribution >= 0.6 is 11.3 Å². The van der Waals surface area contributed by atoms with Gasteiger partial charge in [-0.05, 0) is 53.9 Å². The van der Waals surface area contributed by atoms with Crippen molar-refractivity contribution in [2.45, 2.75) is 62.5 Å². The van der Waals surface area contributed by atoms with Crippen molar-refractivity contribution in [3.63, 3.8) is 0 Å². The molecule has 3 fully saturated rings. The van der Waals surface area contributed by atoms with Crippen LogP contribution in [0.5, 0.6) is 28.7 Å². The zero-order chi connectivity index (χ0) is 35.6. The fourth-order valence-electron chi connectivity index (χ4n) is 7.55. The van der Waals surface area contributed by atoms with E-state index in [4.69, 9.17) is 47.4 Å². The molecule has 1 aliphatic carbocycles. The zero-order valence-corrected chi connectivity index (χ0v) is 28.4. The van der Waals surface area contributed by atoms with E-state index in [1.807, 2.05) is 0 Å². The Morgan fingerprint density at radius 2 is 1.69 bits per heavy atom. The molecule has 0 saturated carbocycles. The molecule has 0 spiro atoms. The standard InChI is InChI=1S/C34H35NO15S/c1-14-43-12-24-32(48-14)28(36)29(37)34(49-24)50-30-18-9-21-20(46-13-47-21)8-17(18)26(27-19(30)11-45-33(27)38)15-6-22(41-2)31(23(7-15)42-3)44-10-16-4-5-25(51-16)35(39)40/h4-9,14,19,24,26-30,32,34,36-37H,10-13H2,1-3H3/t14-,19+,24-,26-,27+,28-,29-,30-,32-,34+/m1/s1. The highest BCUT2D eigenvalue weighted by atomic mass is 32.1. The number of methoxy groups -OCH3 is 2. The molecule has 2 aromatic carbocycles. The van der Waals surface area contributed by atoms with Crippen LogP contribution in [0.15, 0.2) is 36.4 Å². The first-order chi connectivity index (χ1) is 24.6. The third-order valence-electron chi connectivity index (χ3n) is 9.91. The average molecular weight is 730 g/mol. The van der Waals surface area contributed by atoms with Crippen LogP contribution in [0.1, 0.15) is 40.5 Å². The minimum absolute atomic E-state index is 0.00251. The lowest BCUT2D eigenvalue weighted by Crippen LogP contribution is -2.63. The van der Waals surface area contributed by atoms with Gasteiger partial charge in [0.2, 0.25) is 12.5 Å². The van der Waals surface area contributed by atoms with Gasteiger partial charge in [0.15, 0.2) is 35.6 Å². The van der Waals surface area contributed by atoms with E-state index in [2.05, 4.69) is 0 Å². The van der Waals surface area contributed by atoms with E-state index in [0.717, 1.165) is 11.3 Å². The van der Waals surface area contributed by atoms with Crippen molar-refractivity contribution >= 4 is 22.3 Å². The molecule has 5 heterocycles. The molecule has 0 bridgehead atoms. The Morgan fingerprint density at radius 3 is 2.37 bits per heavy atom. The van der Waals surface area contributed by atoms with E-state index in [0.29, 0.717) is 44.6 Å². The Balaban J connectivity index is 1.17. The Hall–Kier alpha value is -4.23. The highest BCUT2D eigenvalue weighted by Crippen LogP contribution is 2.57. The molecule has 10 atom stereocenters. The largest absolute Gasteiger partial charge is 0.493 e. The van der Waals surface area contributed by atoms with Gasteiger partial charge in [-0.1, -0.05) is 11.3 Å². The summed E-state index contributed by atoms with van der Waals surface area (Å²) in [6.45, 7) is 1.87. The number of ether oxygens (including phenoxy) is 10. The smallest absolute Gasteiger partial charge is 0.324 e. The highest BCUT2D eigenvalue weighted by molar-refractivity contribution is 7.15. The second-order valence-corrected chi connectivity index (χ2v) is 13.9. The molecular weight excluding hydrogens is 694 g/mol. The van der Waals surface area contributed by atoms with Crippen molar-refractivity contribution in [3.05, 3.63) is 68.1 Å². The number of rotatable bonds is 9. The van der Waals surface area contributed by atoms with Crippen LogP contribution in [-0.4, -0.2) is 92.3 Å². The number of nitrogens with zero attached hydrogens (tertiary/aromatic N) is 1. The summed E-state index contributed by atoms with van der Waals surface area (Å²) >= 11 is 1.00. The van der Waals surface area contributed by atoms with E-state index < -0.39 is 71.7 Å². The van der Waals surface area contributed by atoms with Gasteiger partial charge in [-0.2, -0.15) is 0 Å². The summed E-state index contributed by atoms with van der Waals surface area (Å²) < 4.78 is 58.7. The molecule has 0 radical (unpaired) electrons. The second kappa shape index (κ2) is 13.4. The van der Waals surface area contributed by atoms with Crippen molar-refractivity contribution in [1.82, 2.24) is 0 Å². The third kappa shape index (κ3) is 5.91. The number of nitro groups is 1. The van der Waals surface area contributed by atoms with Gasteiger partial charge in [0.1, 0.15) is 31.0 Å². The Kier molecular flexibility index (Phi) is 8.90. The number of carbonyl (C=O) groups is 1. The number of thiophene rings is 1. The zero-order valence-electron chi connectivity index (χ0n) is 27.6. The van der Waals surface area contributed by atoms with E-state index in [1.165, 1.54) is 20.3 Å². The van der Waals surface area contributed by atoms with Crippen LogP contribution in [-0.2, 0) is 35.1 Å². The van der Waals surface area contributed by atoms with Crippen molar-refractivity contribution in [3.8, 4) is 28.7 Å². The molecule has 17 heteroatoms. The van der Waals surface area contributed by atoms with Gasteiger partial charge in [0.05, 0.1) is 44.4 Å². The van der Waals surface area contributed by atoms with Crippen molar-refractivity contribution in [2.24, 2.45) is 11.8 Å². The average Bonchev–Trinajstić information content (AvgIpc) is 3.89. The first-order valence-electron chi connectivity index (χ1n) is 16.3. The van der Waals surface area contributed by atoms with Gasteiger partial charge in [-0.25, -0.2) is 0 Å². The van der Waals surface area contributed by atoms with Crippen LogP contribution in [0.3, 0.4) is 0 Å². The molecule has 0 amide bonds. The van der Waals surface area contributed by atoms with E-state index >= 15 is 0 Å². The number of benzene rings is 2. The fourth-order valence-corrected chi connectivity index (χ4v) is 8.28. The molecule has 16 nitrogen and oxygen atoms in total. The van der Waals surface area contributed by atoms with E-state index in [9.17, 15) is 25.1 Å². The van der Waals surface area contributed by atoms with Crippen LogP contribution in [0.2, 0.25) is 0 Å². The number of hydrogen-bond acceptors (Lipinski definition) is 16. The molecule has 4 aliphatic heterocycles. The first-order valence-corrected chi connectivity index (χ1v) is 17.1. The summed E-state index contributed by atoms with van der Waals surface area (Å²) in [7, 11) is 2.95. The Bertz CT molecular complexity index is 1810. The normalized spacial score (nSPS) is 32.0. The van der Waals surface area contributed by atoms with E-state index in [-0.39, 0.29) is 37.4 Å². The minimum atomic E-state index is -1.47. The molecule has 2 N–H and O–H groups in total. The number of esters is 1. The topological polar surface area (TPSA) is 193 Å². The quantitative estimate of drug-likeness (QED) is 0.185. The lowest BCUT2D eigenvalue weighted by Gasteiger charge is -2.47. The number of aliphatic hydroxyl groups is 2. The van der Waals surface area contributed by atoms with E-state index in [1.54, 1.807) is 37.3 Å². The van der Waals surface area contributed by atoms with Crippen molar-refractivity contribution in [1.29, 1.82) is 0 Å². The summed E-state index contributed by atoms with van der Waals surface area (Å²) in [5.74, 6) is -0.528. The molecule has 8 rings (SSSR count). The third-order valence-corrected chi connectivity index (χ3v) is 10.9. The number of hydrogen-bond donors (Lipinski definition) is 2. The SMILES string of the molecule is COc1cc([C@@H]2c3cc4c(cc3[C@@H](O[C@@H]3O[C@@H]5CO[C@@H](C)O[C@H]5[C@H](O)[C@H]3O)[C@H]3COC(=O)[C@H]23)OCO4)cc(OC)c1OCc1ccc([N+](=O)[O-])s1. The monoisotopic (exact) mass is 729 g/mol. The first kappa shape index (κ1) is 33.9. The van der Waals surface area contributed by atoms with Gasteiger partial charge in [-0.3, -0.25) is 14.9 Å². The molecule has 1 aromatic heterocycles. The summed E-state index contributed by atoms with van der Waals surface area (Å²) in [5.41, 5.74) is 1.97. The molecule has 3 aromatic rings. The predicted octanol–water partition coefficient (Wildman–Crippen LogP) is 3.18. The number of carbonyl (C=O) groups excluding carboxylic acids is 1. The van der Waals surface area contributed by atoms with Gasteiger partial charge in [-0.15, -0.1) is 0 Å². The molecule has 51 heavy (non-hydrogen) atoms. The molecular formula is C34H35NO15S. The molecule has 0 unspecified atom stereocenters. The maximum Gasteiger partial charge on any atom is 0.324 e. The molecule has 3 saturated heterocycles. The maximum atomic E-state index is 13.7. The highest BCUT2D eigenvalue weighted by Gasteiger charge is 2.56. The van der Waals surface area contributed by atoms with Gasteiger partial charge in [0, 0.05) is 22.8 Å². The Labute approximate surface area is 294 Å². The number of aliphatic hydroxyl groups excluding tert-OH is 2. The van der Waals surface area contributed by atoms with Gasteiger partial charge < -0.3 is 57.6 Å². The molecule has 272 valence electrons. The van der Waals surface area contributed by atoms with Crippen molar-refractivity contribution in [2.75, 3.05) is 34.2 Å². The van der Waals surface area contributed by atoms with Crippen LogP contribution in [0.25, 0.3) is 0 Å². The van der Waals surface area contributed by atoms with Crippen LogP contribution < -0.4 is 23.7 Å². The maximum absolute atomic E-state index is 13.7. The Morgan fingerprint density at radius 1 is 0.961 bits per heavy atom. The summed E-state index contributed by atoms with van der Waals surface area (Å²) in [5, 5.41) is 33.4. The van der Waals surface area contributed by atoms with Crippen LogP contribution in [0.4, 0.5) is 5.00 Å². The second-order valence-electron chi connectivity index (χ2n) is 12.8. The summed E-state index contributed by atoms with van der Waals surface area (Å²) in [6.07, 6.45) is -7.01. The lowest BCUT2D eigenvalue weighted by atomic mass is 9.66. The predicted molar refractivity (Wildman–Crippen MR) is 172 cm³/mol. The lowest BCUT2D eigenvalue weighted by molar-refractivity contribution is -0.380. The number of cyclic esters (lactones) is 1. The number of fused-ring (bicyclic) bond motifs is 4. The van der Waals surface area contributed by atoms with Crippen molar-refractivity contribution < 1.29 is 67.3 Å². The van der Waals surface area contributed by atoms with Crippen LogP contribution in [0, 0.1) is 22.0 Å². The summed E-state index contributed by atoms with van der Waals surface area (Å²) in [6, 6.07) is 10.2. The summed E-state index contributed by atoms with van der Waals surface area (Å²) in [4.78, 5) is 25.0. The minimum Gasteiger partial charge on any atom is -0.493 e. The van der Waals surface area contributed by atoms with Gasteiger partial charge in [0.25, 0.3) is 0 Å². The van der Waals surface area contributed by atoms with Gasteiger partial charge >= 0.3 is 11.0 Å². The molecule has 5 aliphatic rings. The fraction of sp³-hybridized carbons (Fsp3) is 0.500.